The minimum absolute atomic E-state index is 0.119. The Morgan fingerprint density at radius 1 is 1.55 bits per heavy atom. The highest BCUT2D eigenvalue weighted by Crippen LogP contribution is 2.26. The lowest BCUT2D eigenvalue weighted by Crippen LogP contribution is -2.09. The van der Waals surface area contributed by atoms with Crippen LogP contribution in [0.25, 0.3) is 5.57 Å². The van der Waals surface area contributed by atoms with Crippen LogP contribution in [0.1, 0.15) is 19.2 Å². The number of carbonyl (C=O) groups is 1. The molecule has 0 radical (unpaired) electrons. The van der Waals surface area contributed by atoms with E-state index in [0.717, 1.165) is 0 Å². The molecule has 0 aliphatic heterocycles. The maximum atomic E-state index is 11.3. The van der Waals surface area contributed by atoms with Gasteiger partial charge in [0.05, 0.1) is 10.7 Å². The van der Waals surface area contributed by atoms with Crippen LogP contribution in [0.15, 0.2) is 24.4 Å². The second-order valence-electron chi connectivity index (χ2n) is 4.15. The molecule has 0 aliphatic carbocycles. The van der Waals surface area contributed by atoms with Gasteiger partial charge in [-0.05, 0) is 23.4 Å². The smallest absolute Gasteiger partial charge is 0.224 e. The van der Waals surface area contributed by atoms with Gasteiger partial charge in [-0.25, -0.2) is 0 Å². The summed E-state index contributed by atoms with van der Waals surface area (Å²) in [6.07, 6.45) is 1.82. The Labute approximate surface area is 131 Å². The van der Waals surface area contributed by atoms with Gasteiger partial charge in [-0.2, -0.15) is 10.5 Å². The normalized spacial score (nSPS) is 10.9. The summed E-state index contributed by atoms with van der Waals surface area (Å²) in [6, 6.07) is 6.99. The lowest BCUT2D eigenvalue weighted by molar-refractivity contribution is -0.115. The van der Waals surface area contributed by atoms with E-state index in [9.17, 15) is 4.79 Å². The molecule has 2 rings (SSSR count). The largest absolute Gasteiger partial charge is 0.360 e. The van der Waals surface area contributed by atoms with Crippen LogP contribution in [0.3, 0.4) is 0 Å². The highest BCUT2D eigenvalue weighted by molar-refractivity contribution is 6.34. The van der Waals surface area contributed by atoms with E-state index in [1.807, 2.05) is 6.07 Å². The number of hydrogen-bond donors (Lipinski definition) is 3. The number of nitriles is 1. The SMILES string of the molecule is CCC(=O)Nc1ccc(NC=C(C#N)c2nn[nH]n2)cc1Cl. The third-order valence-corrected chi connectivity index (χ3v) is 2.97. The van der Waals surface area contributed by atoms with Crippen molar-refractivity contribution >= 4 is 34.5 Å². The summed E-state index contributed by atoms with van der Waals surface area (Å²) in [4.78, 5) is 11.3. The van der Waals surface area contributed by atoms with E-state index in [0.29, 0.717) is 22.8 Å². The second kappa shape index (κ2) is 7.19. The predicted octanol–water partition coefficient (Wildman–Crippen LogP) is 2.18. The number of hydrogen-bond acceptors (Lipinski definition) is 6. The zero-order valence-electron chi connectivity index (χ0n) is 11.6. The number of amides is 1. The van der Waals surface area contributed by atoms with Gasteiger partial charge in [-0.15, -0.1) is 10.2 Å². The molecular weight excluding hydrogens is 306 g/mol. The Morgan fingerprint density at radius 2 is 2.36 bits per heavy atom. The van der Waals surface area contributed by atoms with Crippen LogP contribution in [0.2, 0.25) is 5.02 Å². The zero-order chi connectivity index (χ0) is 15.9. The van der Waals surface area contributed by atoms with Gasteiger partial charge in [0.2, 0.25) is 11.7 Å². The van der Waals surface area contributed by atoms with Crippen LogP contribution >= 0.6 is 11.6 Å². The van der Waals surface area contributed by atoms with Crippen molar-refractivity contribution < 1.29 is 4.79 Å². The fraction of sp³-hybridized carbons (Fsp3) is 0.154. The fourth-order valence-corrected chi connectivity index (χ4v) is 1.75. The molecule has 0 atom stereocenters. The van der Waals surface area contributed by atoms with Crippen LogP contribution in [-0.4, -0.2) is 26.5 Å². The van der Waals surface area contributed by atoms with Crippen molar-refractivity contribution in [1.82, 2.24) is 20.6 Å². The topological polar surface area (TPSA) is 119 Å². The summed E-state index contributed by atoms with van der Waals surface area (Å²) < 4.78 is 0. The lowest BCUT2D eigenvalue weighted by atomic mass is 10.2. The van der Waals surface area contributed by atoms with Gasteiger partial charge < -0.3 is 10.6 Å². The molecule has 1 aromatic heterocycles. The third-order valence-electron chi connectivity index (χ3n) is 2.65. The van der Waals surface area contributed by atoms with Gasteiger partial charge >= 0.3 is 0 Å². The Kier molecular flexibility index (Phi) is 5.06. The Bertz CT molecular complexity index is 733. The molecule has 8 nitrogen and oxygen atoms in total. The molecule has 9 heteroatoms. The number of rotatable bonds is 5. The number of allylic oxidation sites excluding steroid dienone is 1. The van der Waals surface area contributed by atoms with Crippen molar-refractivity contribution in [1.29, 1.82) is 5.26 Å². The molecule has 0 fully saturated rings. The maximum Gasteiger partial charge on any atom is 0.224 e. The van der Waals surface area contributed by atoms with E-state index in [-0.39, 0.29) is 17.3 Å². The van der Waals surface area contributed by atoms with Crippen molar-refractivity contribution in [3.05, 3.63) is 35.2 Å². The number of H-pyrrole nitrogens is 1. The number of carbonyl (C=O) groups excluding carboxylic acids is 1. The number of halogens is 1. The first-order chi connectivity index (χ1) is 10.6. The van der Waals surface area contributed by atoms with E-state index < -0.39 is 0 Å². The first-order valence-electron chi connectivity index (χ1n) is 6.34. The molecule has 0 aliphatic rings. The third kappa shape index (κ3) is 3.80. The number of tetrazole rings is 1. The van der Waals surface area contributed by atoms with Crippen molar-refractivity contribution in [2.75, 3.05) is 10.6 Å². The molecule has 1 amide bonds. The van der Waals surface area contributed by atoms with Gasteiger partial charge in [0.15, 0.2) is 0 Å². The molecule has 0 unspecified atom stereocenters. The number of aromatic amines is 1. The molecule has 0 spiro atoms. The molecule has 0 saturated carbocycles. The van der Waals surface area contributed by atoms with Gasteiger partial charge in [0, 0.05) is 18.3 Å². The summed E-state index contributed by atoms with van der Waals surface area (Å²) in [6.45, 7) is 1.76. The monoisotopic (exact) mass is 317 g/mol. The average Bonchev–Trinajstić information content (AvgIpc) is 3.04. The molecule has 2 aromatic rings. The van der Waals surface area contributed by atoms with Gasteiger partial charge in [-0.1, -0.05) is 18.5 Å². The first kappa shape index (κ1) is 15.5. The van der Waals surface area contributed by atoms with Crippen molar-refractivity contribution in [3.8, 4) is 6.07 Å². The quantitative estimate of drug-likeness (QED) is 0.727. The number of anilines is 2. The number of benzene rings is 1. The lowest BCUT2D eigenvalue weighted by Gasteiger charge is -2.08. The molecule has 0 saturated heterocycles. The predicted molar refractivity (Wildman–Crippen MR) is 81.8 cm³/mol. The molecule has 1 heterocycles. The Hall–Kier alpha value is -2.92. The van der Waals surface area contributed by atoms with Crippen LogP contribution in [0.5, 0.6) is 0 Å². The number of nitrogens with zero attached hydrogens (tertiary/aromatic N) is 4. The summed E-state index contributed by atoms with van der Waals surface area (Å²) in [7, 11) is 0. The van der Waals surface area contributed by atoms with Gasteiger partial charge in [0.25, 0.3) is 0 Å². The van der Waals surface area contributed by atoms with Crippen LogP contribution in [0.4, 0.5) is 11.4 Å². The fourth-order valence-electron chi connectivity index (χ4n) is 1.52. The Morgan fingerprint density at radius 3 is 2.95 bits per heavy atom. The molecule has 1 aromatic carbocycles. The standard InChI is InChI=1S/C13H12ClN7O/c1-2-12(22)17-11-4-3-9(5-10(11)14)16-7-8(6-15)13-18-20-21-19-13/h3-5,7,16H,2H2,1H3,(H,17,22)(H,18,19,20,21). The van der Waals surface area contributed by atoms with E-state index in [1.165, 1.54) is 6.20 Å². The molecule has 0 bridgehead atoms. The van der Waals surface area contributed by atoms with E-state index in [4.69, 9.17) is 16.9 Å². The van der Waals surface area contributed by atoms with Crippen molar-refractivity contribution in [2.24, 2.45) is 0 Å². The molecular formula is C13H12ClN7O. The minimum Gasteiger partial charge on any atom is -0.360 e. The summed E-state index contributed by atoms with van der Waals surface area (Å²) in [5.41, 5.74) is 1.39. The number of aromatic nitrogens is 4. The van der Waals surface area contributed by atoms with E-state index in [1.54, 1.807) is 25.1 Å². The molecule has 112 valence electrons. The summed E-state index contributed by atoms with van der Waals surface area (Å²) >= 11 is 6.10. The number of nitrogens with one attached hydrogen (secondary N) is 3. The van der Waals surface area contributed by atoms with E-state index >= 15 is 0 Å². The average molecular weight is 318 g/mol. The minimum atomic E-state index is -0.119. The zero-order valence-corrected chi connectivity index (χ0v) is 12.3. The van der Waals surface area contributed by atoms with Gasteiger partial charge in [0.1, 0.15) is 11.6 Å². The van der Waals surface area contributed by atoms with Crippen LogP contribution in [-0.2, 0) is 4.79 Å². The van der Waals surface area contributed by atoms with Crippen molar-refractivity contribution in [3.63, 3.8) is 0 Å². The highest BCUT2D eigenvalue weighted by Gasteiger charge is 2.07. The summed E-state index contributed by atoms with van der Waals surface area (Å²) in [5, 5.41) is 28.1. The van der Waals surface area contributed by atoms with Crippen LogP contribution in [0, 0.1) is 11.3 Å². The molecule has 22 heavy (non-hydrogen) atoms. The second-order valence-corrected chi connectivity index (χ2v) is 4.55. The Balaban J connectivity index is 2.12. The summed E-state index contributed by atoms with van der Waals surface area (Å²) in [5.74, 6) is 0.0688. The highest BCUT2D eigenvalue weighted by atomic mass is 35.5. The van der Waals surface area contributed by atoms with Crippen molar-refractivity contribution in [2.45, 2.75) is 13.3 Å². The first-order valence-corrected chi connectivity index (χ1v) is 6.72. The van der Waals surface area contributed by atoms with Gasteiger partial charge in [-0.3, -0.25) is 4.79 Å². The maximum absolute atomic E-state index is 11.3. The van der Waals surface area contributed by atoms with E-state index in [2.05, 4.69) is 31.3 Å². The van der Waals surface area contributed by atoms with Crippen LogP contribution < -0.4 is 10.6 Å². The molecule has 3 N–H and O–H groups in total.